The summed E-state index contributed by atoms with van der Waals surface area (Å²) in [6.07, 6.45) is 3.80. The van der Waals surface area contributed by atoms with Gasteiger partial charge in [-0.25, -0.2) is 0 Å². The fourth-order valence-electron chi connectivity index (χ4n) is 4.10. The van der Waals surface area contributed by atoms with Gasteiger partial charge < -0.3 is 10.3 Å². The first-order chi connectivity index (χ1) is 15.4. The van der Waals surface area contributed by atoms with E-state index in [4.69, 9.17) is 26.9 Å². The van der Waals surface area contributed by atoms with Crippen LogP contribution in [0.3, 0.4) is 0 Å². The Hall–Kier alpha value is -3.71. The van der Waals surface area contributed by atoms with Crippen LogP contribution in [0, 0.1) is 6.92 Å². The van der Waals surface area contributed by atoms with E-state index in [2.05, 4.69) is 16.3 Å². The predicted molar refractivity (Wildman–Crippen MR) is 123 cm³/mol. The van der Waals surface area contributed by atoms with Crippen molar-refractivity contribution in [1.29, 1.82) is 0 Å². The first-order valence-electron chi connectivity index (χ1n) is 10.1. The molecular weight excluding hydrogens is 426 g/mol. The summed E-state index contributed by atoms with van der Waals surface area (Å²) < 4.78 is 7.42. The Morgan fingerprint density at radius 1 is 1.12 bits per heavy atom. The quantitative estimate of drug-likeness (QED) is 0.500. The first kappa shape index (κ1) is 20.2. The number of rotatable bonds is 4. The molecule has 32 heavy (non-hydrogen) atoms. The molecule has 0 fully saturated rings. The van der Waals surface area contributed by atoms with Gasteiger partial charge in [-0.1, -0.05) is 41.0 Å². The topological polar surface area (TPSA) is 99.3 Å². The lowest BCUT2D eigenvalue weighted by atomic mass is 9.90. The highest BCUT2D eigenvalue weighted by Crippen LogP contribution is 2.42. The molecule has 3 heterocycles. The fraction of sp³-hybridized carbons (Fsp3) is 0.167. The Labute approximate surface area is 189 Å². The molecule has 1 aliphatic rings. The molecule has 1 amide bonds. The van der Waals surface area contributed by atoms with E-state index in [1.54, 1.807) is 4.68 Å². The molecule has 1 unspecified atom stereocenters. The van der Waals surface area contributed by atoms with Crippen LogP contribution < -0.4 is 5.73 Å². The number of hydrogen-bond donors (Lipinski definition) is 1. The molecule has 0 spiro atoms. The van der Waals surface area contributed by atoms with Crippen molar-refractivity contribution >= 4 is 23.2 Å². The molecular formula is C24H20ClN5O2. The van der Waals surface area contributed by atoms with Crippen molar-refractivity contribution in [2.24, 2.45) is 17.8 Å². The van der Waals surface area contributed by atoms with E-state index >= 15 is 0 Å². The van der Waals surface area contributed by atoms with E-state index in [1.165, 1.54) is 0 Å². The summed E-state index contributed by atoms with van der Waals surface area (Å²) in [6.45, 7) is 1.88. The number of benzene rings is 2. The van der Waals surface area contributed by atoms with Gasteiger partial charge in [-0.05, 0) is 36.2 Å². The molecule has 2 N–H and O–H groups in total. The molecule has 8 heteroatoms. The van der Waals surface area contributed by atoms with Crippen LogP contribution in [0.5, 0.6) is 0 Å². The minimum atomic E-state index is -0.580. The summed E-state index contributed by atoms with van der Waals surface area (Å²) in [7, 11) is 1.88. The number of primary amides is 1. The van der Waals surface area contributed by atoms with Crippen LogP contribution in [-0.4, -0.2) is 26.6 Å². The second kappa shape index (κ2) is 7.76. The third kappa shape index (κ3) is 3.50. The minimum absolute atomic E-state index is 0.0160. The number of nitrogens with two attached hydrogens (primary N) is 1. The van der Waals surface area contributed by atoms with E-state index in [0.717, 1.165) is 44.8 Å². The molecule has 0 saturated carbocycles. The second-order valence-electron chi connectivity index (χ2n) is 7.84. The van der Waals surface area contributed by atoms with Crippen LogP contribution in [-0.2, 0) is 11.8 Å². The Balaban J connectivity index is 1.79. The number of carbonyl (C=O) groups is 1. The molecule has 0 bridgehead atoms. The van der Waals surface area contributed by atoms with Gasteiger partial charge in [-0.15, -0.1) is 0 Å². The zero-order valence-electron chi connectivity index (χ0n) is 17.5. The van der Waals surface area contributed by atoms with Crippen LogP contribution in [0.15, 0.2) is 64.4 Å². The van der Waals surface area contributed by atoms with Crippen molar-refractivity contribution in [3.05, 3.63) is 82.5 Å². The van der Waals surface area contributed by atoms with E-state index in [9.17, 15) is 4.79 Å². The summed E-state index contributed by atoms with van der Waals surface area (Å²) in [4.78, 5) is 16.8. The largest absolute Gasteiger partial charge is 0.370 e. The number of aliphatic imine (C=N–C) groups is 1. The van der Waals surface area contributed by atoms with Gasteiger partial charge in [-0.3, -0.25) is 14.5 Å². The maximum absolute atomic E-state index is 11.9. The number of hydrogen-bond acceptors (Lipinski definition) is 5. The number of aromatic nitrogens is 3. The van der Waals surface area contributed by atoms with Gasteiger partial charge in [0.2, 0.25) is 5.91 Å². The van der Waals surface area contributed by atoms with Gasteiger partial charge >= 0.3 is 0 Å². The zero-order valence-corrected chi connectivity index (χ0v) is 18.3. The average molecular weight is 446 g/mol. The lowest BCUT2D eigenvalue weighted by Crippen LogP contribution is -2.15. The molecule has 2 aromatic heterocycles. The third-order valence-electron chi connectivity index (χ3n) is 5.57. The van der Waals surface area contributed by atoms with Crippen LogP contribution in [0.1, 0.15) is 35.0 Å². The first-order valence-corrected chi connectivity index (χ1v) is 10.5. The molecule has 5 rings (SSSR count). The van der Waals surface area contributed by atoms with E-state index in [-0.39, 0.29) is 6.42 Å². The zero-order chi connectivity index (χ0) is 22.4. The van der Waals surface area contributed by atoms with Gasteiger partial charge in [0.1, 0.15) is 6.04 Å². The normalized spacial score (nSPS) is 15.0. The van der Waals surface area contributed by atoms with Gasteiger partial charge in [0.15, 0.2) is 5.76 Å². The van der Waals surface area contributed by atoms with Crippen molar-refractivity contribution in [3.8, 4) is 22.3 Å². The number of fused-ring (bicyclic) bond motifs is 3. The summed E-state index contributed by atoms with van der Waals surface area (Å²) in [6, 6.07) is 13.1. The van der Waals surface area contributed by atoms with Gasteiger partial charge in [0.05, 0.1) is 29.6 Å². The average Bonchev–Trinajstić information content (AvgIpc) is 3.33. The molecule has 1 aliphatic heterocycles. The van der Waals surface area contributed by atoms with Gasteiger partial charge in [0, 0.05) is 35.0 Å². The number of nitrogens with zero attached hydrogens (tertiary/aromatic N) is 4. The molecule has 2 aromatic carbocycles. The van der Waals surface area contributed by atoms with Crippen LogP contribution >= 0.6 is 11.6 Å². The van der Waals surface area contributed by atoms with Crippen molar-refractivity contribution in [3.63, 3.8) is 0 Å². The molecule has 4 aromatic rings. The van der Waals surface area contributed by atoms with Crippen molar-refractivity contribution in [2.45, 2.75) is 19.4 Å². The molecule has 1 atom stereocenters. The van der Waals surface area contributed by atoms with Crippen molar-refractivity contribution < 1.29 is 9.32 Å². The van der Waals surface area contributed by atoms with Crippen molar-refractivity contribution in [2.75, 3.05) is 0 Å². The number of carbonyl (C=O) groups excluding carboxylic acids is 1. The highest BCUT2D eigenvalue weighted by molar-refractivity contribution is 6.30. The van der Waals surface area contributed by atoms with E-state index < -0.39 is 11.9 Å². The van der Waals surface area contributed by atoms with Gasteiger partial charge in [0.25, 0.3) is 0 Å². The monoisotopic (exact) mass is 445 g/mol. The summed E-state index contributed by atoms with van der Waals surface area (Å²) in [5.74, 6) is 0.0804. The van der Waals surface area contributed by atoms with Crippen LogP contribution in [0.25, 0.3) is 22.3 Å². The maximum atomic E-state index is 11.9. The Kier molecular flexibility index (Phi) is 4.90. The molecule has 0 saturated heterocycles. The molecule has 160 valence electrons. The van der Waals surface area contributed by atoms with E-state index in [0.29, 0.717) is 10.8 Å². The number of aryl methyl sites for hydroxylation is 2. The molecule has 7 nitrogen and oxygen atoms in total. The van der Waals surface area contributed by atoms with E-state index in [1.807, 2.05) is 62.8 Å². The third-order valence-corrected chi connectivity index (χ3v) is 5.82. The maximum Gasteiger partial charge on any atom is 0.220 e. The second-order valence-corrected chi connectivity index (χ2v) is 8.28. The molecule has 0 radical (unpaired) electrons. The summed E-state index contributed by atoms with van der Waals surface area (Å²) >= 11 is 6.13. The molecule has 0 aliphatic carbocycles. The summed E-state index contributed by atoms with van der Waals surface area (Å²) in [5, 5.41) is 9.09. The van der Waals surface area contributed by atoms with Gasteiger partial charge in [-0.2, -0.15) is 5.10 Å². The van der Waals surface area contributed by atoms with Crippen LogP contribution in [0.2, 0.25) is 5.02 Å². The Bertz CT molecular complexity index is 1370. The Morgan fingerprint density at radius 2 is 1.88 bits per heavy atom. The summed E-state index contributed by atoms with van der Waals surface area (Å²) in [5.41, 5.74) is 12.6. The Morgan fingerprint density at radius 3 is 2.56 bits per heavy atom. The highest BCUT2D eigenvalue weighted by Gasteiger charge is 2.31. The standard InChI is InChI=1S/C24H20ClN5O2/c1-13-22-18-8-5-15(16-11-27-30(2)12-16)9-19(18)23(14-3-6-17(25)7-4-14)28-20(10-21(26)31)24(22)32-29-13/h3-9,11-12,20H,10H2,1-2H3,(H2,26,31). The predicted octanol–water partition coefficient (Wildman–Crippen LogP) is 4.47. The minimum Gasteiger partial charge on any atom is -0.370 e. The lowest BCUT2D eigenvalue weighted by Gasteiger charge is -2.13. The fourth-order valence-corrected chi connectivity index (χ4v) is 4.23. The number of amides is 1. The van der Waals surface area contributed by atoms with Crippen molar-refractivity contribution in [1.82, 2.24) is 14.9 Å². The SMILES string of the molecule is Cc1noc2c1-c1ccc(-c3cnn(C)c3)cc1C(c1ccc(Cl)cc1)=NC2CC(N)=O. The lowest BCUT2D eigenvalue weighted by molar-refractivity contribution is -0.118. The van der Waals surface area contributed by atoms with Crippen LogP contribution in [0.4, 0.5) is 0 Å². The smallest absolute Gasteiger partial charge is 0.220 e. The highest BCUT2D eigenvalue weighted by atomic mass is 35.5. The number of halogens is 1.